The molecule has 4 nitrogen and oxygen atoms in total. The van der Waals surface area contributed by atoms with E-state index in [4.69, 9.17) is 17.3 Å². The number of hydrogen-bond donors (Lipinski definition) is 1. The van der Waals surface area contributed by atoms with Gasteiger partial charge in [0, 0.05) is 11.0 Å². The van der Waals surface area contributed by atoms with Crippen molar-refractivity contribution in [2.75, 3.05) is 39.3 Å². The van der Waals surface area contributed by atoms with E-state index >= 15 is 0 Å². The standard InChI is InChI=1S/C8H12ClNO.C7H14N2.2ClH/c9-7(11)8-1-4-10(5-2-8)6-3-8;8-7-1-4-9(5-2-7)6-3-7;;/h1-6H2;1-6,8H2;2*1H. The first-order valence-electron chi connectivity index (χ1n) is 7.95. The Morgan fingerprint density at radius 1 is 0.773 bits per heavy atom. The van der Waals surface area contributed by atoms with Crippen LogP contribution in [0.1, 0.15) is 38.5 Å². The Balaban J connectivity index is 0.000000205. The molecule has 0 amide bonds. The van der Waals surface area contributed by atoms with E-state index in [0.29, 0.717) is 0 Å². The lowest BCUT2D eigenvalue weighted by molar-refractivity contribution is -0.127. The Labute approximate surface area is 150 Å². The molecule has 0 aliphatic carbocycles. The smallest absolute Gasteiger partial charge is 0.227 e. The second-order valence-electron chi connectivity index (χ2n) is 7.10. The van der Waals surface area contributed by atoms with Crippen molar-refractivity contribution < 1.29 is 4.79 Å². The molecule has 6 aliphatic heterocycles. The van der Waals surface area contributed by atoms with Crippen LogP contribution in [-0.4, -0.2) is 59.8 Å². The summed E-state index contributed by atoms with van der Waals surface area (Å²) >= 11 is 5.58. The fourth-order valence-electron chi connectivity index (χ4n) is 3.97. The largest absolute Gasteiger partial charge is 0.325 e. The number of halogens is 3. The van der Waals surface area contributed by atoms with E-state index in [1.807, 2.05) is 0 Å². The molecular weight excluding hydrogens is 345 g/mol. The molecular formula is C15H28Cl3N3O. The van der Waals surface area contributed by atoms with Gasteiger partial charge in [0.15, 0.2) is 0 Å². The first-order chi connectivity index (χ1) is 9.51. The predicted molar refractivity (Wildman–Crippen MR) is 95.3 cm³/mol. The fourth-order valence-corrected chi connectivity index (χ4v) is 4.26. The minimum absolute atomic E-state index is 0. The van der Waals surface area contributed by atoms with Crippen molar-refractivity contribution in [2.24, 2.45) is 11.1 Å². The maximum Gasteiger partial charge on any atom is 0.227 e. The summed E-state index contributed by atoms with van der Waals surface area (Å²) in [7, 11) is 0. The van der Waals surface area contributed by atoms with Crippen LogP contribution in [0.5, 0.6) is 0 Å². The molecule has 0 spiro atoms. The first-order valence-corrected chi connectivity index (χ1v) is 8.33. The third kappa shape index (κ3) is 4.28. The van der Waals surface area contributed by atoms with Crippen molar-refractivity contribution in [1.29, 1.82) is 0 Å². The molecule has 7 heteroatoms. The molecule has 6 saturated heterocycles. The third-order valence-electron chi connectivity index (χ3n) is 5.91. The van der Waals surface area contributed by atoms with Gasteiger partial charge in [0.1, 0.15) is 0 Å². The molecule has 4 bridgehead atoms. The molecule has 0 radical (unpaired) electrons. The van der Waals surface area contributed by atoms with Crippen LogP contribution in [-0.2, 0) is 4.79 Å². The number of hydrogen-bond acceptors (Lipinski definition) is 4. The van der Waals surface area contributed by atoms with Gasteiger partial charge in [0.25, 0.3) is 0 Å². The van der Waals surface area contributed by atoms with Gasteiger partial charge in [-0.1, -0.05) is 0 Å². The number of nitrogens with zero attached hydrogens (tertiary/aromatic N) is 2. The molecule has 6 fully saturated rings. The summed E-state index contributed by atoms with van der Waals surface area (Å²) in [6, 6.07) is 0. The molecule has 2 N–H and O–H groups in total. The average Bonchev–Trinajstić information content (AvgIpc) is 2.50. The minimum atomic E-state index is -0.129. The SMILES string of the molecule is Cl.Cl.NC12CCN(CC1)CC2.O=C(Cl)C12CCN(CC1)CC2. The van der Waals surface area contributed by atoms with Gasteiger partial charge in [-0.25, -0.2) is 0 Å². The number of carbonyl (C=O) groups excluding carboxylic acids is 1. The van der Waals surface area contributed by atoms with Crippen molar-refractivity contribution >= 4 is 41.7 Å². The highest BCUT2D eigenvalue weighted by molar-refractivity contribution is 6.64. The highest BCUT2D eigenvalue weighted by Crippen LogP contribution is 2.41. The van der Waals surface area contributed by atoms with E-state index in [9.17, 15) is 4.79 Å². The van der Waals surface area contributed by atoms with Crippen LogP contribution in [0.15, 0.2) is 0 Å². The van der Waals surface area contributed by atoms with Crippen molar-refractivity contribution in [1.82, 2.24) is 9.80 Å². The predicted octanol–water partition coefficient (Wildman–Crippen LogP) is 2.26. The minimum Gasteiger partial charge on any atom is -0.325 e. The second-order valence-corrected chi connectivity index (χ2v) is 7.44. The van der Waals surface area contributed by atoms with E-state index in [-0.39, 0.29) is 41.0 Å². The van der Waals surface area contributed by atoms with Crippen LogP contribution in [0, 0.1) is 5.41 Å². The lowest BCUT2D eigenvalue weighted by Crippen LogP contribution is -2.57. The first kappa shape index (κ1) is 20.5. The van der Waals surface area contributed by atoms with Crippen molar-refractivity contribution in [3.8, 4) is 0 Å². The van der Waals surface area contributed by atoms with Crippen molar-refractivity contribution in [3.63, 3.8) is 0 Å². The Bertz CT molecular complexity index is 351. The summed E-state index contributed by atoms with van der Waals surface area (Å²) < 4.78 is 0. The van der Waals surface area contributed by atoms with E-state index in [0.717, 1.165) is 38.9 Å². The number of nitrogens with two attached hydrogens (primary N) is 1. The van der Waals surface area contributed by atoms with E-state index in [1.165, 1.54) is 38.9 Å². The van der Waals surface area contributed by atoms with E-state index in [2.05, 4.69) is 9.80 Å². The van der Waals surface area contributed by atoms with Gasteiger partial charge in [0.2, 0.25) is 5.24 Å². The summed E-state index contributed by atoms with van der Waals surface area (Å²) in [5, 5.41) is -0.100. The topological polar surface area (TPSA) is 49.6 Å². The second kappa shape index (κ2) is 8.00. The molecule has 6 aliphatic rings. The van der Waals surface area contributed by atoms with Gasteiger partial charge in [-0.05, 0) is 89.4 Å². The average molecular weight is 373 g/mol. The number of rotatable bonds is 1. The van der Waals surface area contributed by atoms with Gasteiger partial charge in [0.05, 0.1) is 0 Å². The summed E-state index contributed by atoms with van der Waals surface area (Å²) in [6.07, 6.45) is 6.63. The Morgan fingerprint density at radius 2 is 1.09 bits per heavy atom. The van der Waals surface area contributed by atoms with E-state index in [1.54, 1.807) is 0 Å². The molecule has 0 atom stereocenters. The normalized spacial score (nSPS) is 41.5. The monoisotopic (exact) mass is 371 g/mol. The summed E-state index contributed by atoms with van der Waals surface area (Å²) in [5.41, 5.74) is 6.19. The lowest BCUT2D eigenvalue weighted by atomic mass is 9.73. The highest BCUT2D eigenvalue weighted by atomic mass is 35.5. The van der Waals surface area contributed by atoms with Crippen LogP contribution in [0.25, 0.3) is 0 Å². The quantitative estimate of drug-likeness (QED) is 0.717. The van der Waals surface area contributed by atoms with E-state index < -0.39 is 0 Å². The summed E-state index contributed by atoms with van der Waals surface area (Å²) in [6.45, 7) is 6.94. The zero-order valence-electron chi connectivity index (χ0n) is 13.1. The summed E-state index contributed by atoms with van der Waals surface area (Å²) in [5.74, 6) is 0. The molecule has 22 heavy (non-hydrogen) atoms. The zero-order valence-corrected chi connectivity index (χ0v) is 15.4. The van der Waals surface area contributed by atoms with Crippen molar-refractivity contribution in [2.45, 2.75) is 44.1 Å². The van der Waals surface area contributed by atoms with Crippen molar-refractivity contribution in [3.05, 3.63) is 0 Å². The molecule has 0 aromatic carbocycles. The zero-order chi connectivity index (χ0) is 14.2. The maximum absolute atomic E-state index is 11.1. The van der Waals surface area contributed by atoms with Gasteiger partial charge < -0.3 is 15.5 Å². The van der Waals surface area contributed by atoms with Crippen LogP contribution in [0.2, 0.25) is 0 Å². The van der Waals surface area contributed by atoms with Crippen LogP contribution < -0.4 is 5.73 Å². The molecule has 6 rings (SSSR count). The Hall–Kier alpha value is 0.420. The number of fused-ring (bicyclic) bond motifs is 6. The molecule has 0 aromatic rings. The third-order valence-corrected chi connectivity index (χ3v) is 6.32. The molecule has 0 unspecified atom stereocenters. The van der Waals surface area contributed by atoms with Crippen LogP contribution in [0.4, 0.5) is 0 Å². The highest BCUT2D eigenvalue weighted by Gasteiger charge is 2.44. The van der Waals surface area contributed by atoms with Gasteiger partial charge in [-0.2, -0.15) is 0 Å². The summed E-state index contributed by atoms with van der Waals surface area (Å²) in [4.78, 5) is 16.0. The Morgan fingerprint density at radius 3 is 1.27 bits per heavy atom. The van der Waals surface area contributed by atoms with Crippen LogP contribution in [0.3, 0.4) is 0 Å². The van der Waals surface area contributed by atoms with Gasteiger partial charge in [-0.15, -0.1) is 24.8 Å². The maximum atomic E-state index is 11.1. The fraction of sp³-hybridized carbons (Fsp3) is 0.933. The van der Waals surface area contributed by atoms with Crippen LogP contribution >= 0.6 is 36.4 Å². The number of piperidine rings is 6. The molecule has 0 aromatic heterocycles. The molecule has 6 heterocycles. The number of carbonyl (C=O) groups is 1. The Kier molecular flexibility index (Phi) is 7.44. The van der Waals surface area contributed by atoms with Gasteiger partial charge >= 0.3 is 0 Å². The molecule has 0 saturated carbocycles. The molecule has 130 valence electrons. The lowest BCUT2D eigenvalue weighted by Gasteiger charge is -2.46. The van der Waals surface area contributed by atoms with Gasteiger partial charge in [-0.3, -0.25) is 4.79 Å².